The Kier molecular flexibility index (Phi) is 7.68. The predicted octanol–water partition coefficient (Wildman–Crippen LogP) is -0.553. The Hall–Kier alpha value is -3.14. The summed E-state index contributed by atoms with van der Waals surface area (Å²) in [5.74, 6) is -1.21. The van der Waals surface area contributed by atoms with Crippen LogP contribution in [0.2, 0.25) is 0 Å². The molecule has 0 bridgehead atoms. The molecule has 2 N–H and O–H groups in total. The van der Waals surface area contributed by atoms with Gasteiger partial charge in [-0.3, -0.25) is 19.2 Å². The van der Waals surface area contributed by atoms with Gasteiger partial charge in [0.2, 0.25) is 17.7 Å². The van der Waals surface area contributed by atoms with Crippen LogP contribution in [0.5, 0.6) is 0 Å². The molecule has 0 unspecified atom stereocenters. The van der Waals surface area contributed by atoms with Crippen LogP contribution in [-0.4, -0.2) is 99.5 Å². The lowest BCUT2D eigenvalue weighted by Crippen LogP contribution is -2.63. The third kappa shape index (κ3) is 5.37. The number of hydrogen-bond donors (Lipinski definition) is 2. The van der Waals surface area contributed by atoms with E-state index in [4.69, 9.17) is 4.74 Å². The molecular formula is C22H31N5O5. The summed E-state index contributed by atoms with van der Waals surface area (Å²) < 4.78 is 4.93. The maximum Gasteiger partial charge on any atom is 0.254 e. The molecule has 2 aliphatic heterocycles. The second-order valence-electron chi connectivity index (χ2n) is 8.22. The van der Waals surface area contributed by atoms with Crippen LogP contribution in [0.15, 0.2) is 24.3 Å². The van der Waals surface area contributed by atoms with E-state index >= 15 is 0 Å². The summed E-state index contributed by atoms with van der Waals surface area (Å²) in [5.41, 5.74) is 1.41. The number of piperidine rings is 1. The van der Waals surface area contributed by atoms with Crippen molar-refractivity contribution in [1.82, 2.24) is 20.4 Å². The fourth-order valence-corrected chi connectivity index (χ4v) is 3.94. The van der Waals surface area contributed by atoms with Gasteiger partial charge in [0.1, 0.15) is 18.7 Å². The first kappa shape index (κ1) is 23.5. The number of benzene rings is 1. The zero-order valence-corrected chi connectivity index (χ0v) is 18.8. The van der Waals surface area contributed by atoms with Crippen LogP contribution >= 0.6 is 0 Å². The molecule has 2 saturated heterocycles. The number of piperazine rings is 1. The summed E-state index contributed by atoms with van der Waals surface area (Å²) in [6.07, 6.45) is 1.30. The zero-order valence-electron chi connectivity index (χ0n) is 18.8. The summed E-state index contributed by atoms with van der Waals surface area (Å²) in [6, 6.07) is 5.59. The lowest BCUT2D eigenvalue weighted by molar-refractivity contribution is -0.141. The van der Waals surface area contributed by atoms with Gasteiger partial charge >= 0.3 is 0 Å². The molecule has 2 fully saturated rings. The Morgan fingerprint density at radius 1 is 1.19 bits per heavy atom. The molecule has 2 heterocycles. The largest absolute Gasteiger partial charge is 0.378 e. The van der Waals surface area contributed by atoms with Gasteiger partial charge in [-0.05, 0) is 37.1 Å². The van der Waals surface area contributed by atoms with Gasteiger partial charge in [-0.2, -0.15) is 0 Å². The van der Waals surface area contributed by atoms with Crippen molar-refractivity contribution < 1.29 is 23.9 Å². The molecule has 2 aliphatic rings. The minimum absolute atomic E-state index is 0.0455. The average molecular weight is 446 g/mol. The van der Waals surface area contributed by atoms with E-state index in [1.807, 2.05) is 31.1 Å². The molecule has 0 aromatic heterocycles. The molecule has 10 heteroatoms. The molecule has 1 aromatic rings. The summed E-state index contributed by atoms with van der Waals surface area (Å²) in [7, 11) is 5.25. The Morgan fingerprint density at radius 3 is 2.53 bits per heavy atom. The van der Waals surface area contributed by atoms with Crippen LogP contribution in [0.4, 0.5) is 5.69 Å². The SMILES string of the molecule is COCC(=O)N1CCN(C(=O)c2ccc(N(C)C)cc2)[C@H](C(=O)N[C@H]2CCCNC2=O)C1. The first-order chi connectivity index (χ1) is 15.3. The molecule has 0 spiro atoms. The fourth-order valence-electron chi connectivity index (χ4n) is 3.94. The van der Waals surface area contributed by atoms with E-state index in [0.717, 1.165) is 12.1 Å². The highest BCUT2D eigenvalue weighted by atomic mass is 16.5. The molecule has 0 saturated carbocycles. The summed E-state index contributed by atoms with van der Waals surface area (Å²) in [5, 5.41) is 5.51. The third-order valence-electron chi connectivity index (χ3n) is 5.80. The number of nitrogens with one attached hydrogen (secondary N) is 2. The lowest BCUT2D eigenvalue weighted by atomic mass is 10.0. The maximum absolute atomic E-state index is 13.3. The van der Waals surface area contributed by atoms with Crippen LogP contribution in [0.1, 0.15) is 23.2 Å². The standard InChI is InChI=1S/C22H31N5O5/c1-25(2)16-8-6-15(7-9-16)22(31)27-12-11-26(19(28)14-32-3)13-18(27)21(30)24-17-5-4-10-23-20(17)29/h6-9,17-18H,4-5,10-14H2,1-3H3,(H,23,29)(H,24,30)/t17-,18-/m0/s1. The lowest BCUT2D eigenvalue weighted by Gasteiger charge is -2.41. The van der Waals surface area contributed by atoms with Gasteiger partial charge in [0.25, 0.3) is 5.91 Å². The number of anilines is 1. The summed E-state index contributed by atoms with van der Waals surface area (Å²) in [4.78, 5) is 55.8. The van der Waals surface area contributed by atoms with Crippen molar-refractivity contribution in [3.8, 4) is 0 Å². The van der Waals surface area contributed by atoms with Gasteiger partial charge in [0, 0.05) is 52.1 Å². The Balaban J connectivity index is 1.80. The molecule has 2 atom stereocenters. The highest BCUT2D eigenvalue weighted by Gasteiger charge is 2.38. The van der Waals surface area contributed by atoms with E-state index in [9.17, 15) is 19.2 Å². The van der Waals surface area contributed by atoms with Crippen LogP contribution in [0.25, 0.3) is 0 Å². The van der Waals surface area contributed by atoms with Crippen molar-refractivity contribution in [3.05, 3.63) is 29.8 Å². The van der Waals surface area contributed by atoms with Crippen molar-refractivity contribution in [2.75, 3.05) is 58.9 Å². The number of carbonyl (C=O) groups is 4. The second kappa shape index (κ2) is 10.4. The van der Waals surface area contributed by atoms with Crippen LogP contribution in [-0.2, 0) is 19.1 Å². The molecule has 32 heavy (non-hydrogen) atoms. The van der Waals surface area contributed by atoms with Crippen molar-refractivity contribution in [2.24, 2.45) is 0 Å². The van der Waals surface area contributed by atoms with E-state index in [0.29, 0.717) is 25.1 Å². The number of amides is 4. The normalized spacial score (nSPS) is 21.0. The first-order valence-electron chi connectivity index (χ1n) is 10.7. The molecule has 10 nitrogen and oxygen atoms in total. The molecule has 0 aliphatic carbocycles. The van der Waals surface area contributed by atoms with Crippen molar-refractivity contribution >= 4 is 29.3 Å². The molecular weight excluding hydrogens is 414 g/mol. The van der Waals surface area contributed by atoms with Gasteiger partial charge in [0.05, 0.1) is 6.54 Å². The molecule has 174 valence electrons. The monoisotopic (exact) mass is 445 g/mol. The topological polar surface area (TPSA) is 111 Å². The molecule has 0 radical (unpaired) electrons. The van der Waals surface area contributed by atoms with E-state index in [1.165, 1.54) is 16.9 Å². The third-order valence-corrected chi connectivity index (χ3v) is 5.80. The maximum atomic E-state index is 13.3. The minimum atomic E-state index is -0.902. The average Bonchev–Trinajstić information content (AvgIpc) is 2.80. The Bertz CT molecular complexity index is 857. The highest BCUT2D eigenvalue weighted by molar-refractivity contribution is 5.99. The van der Waals surface area contributed by atoms with Crippen LogP contribution in [0, 0.1) is 0 Å². The smallest absolute Gasteiger partial charge is 0.254 e. The van der Waals surface area contributed by atoms with Gasteiger partial charge in [-0.15, -0.1) is 0 Å². The number of methoxy groups -OCH3 is 1. The Labute approximate surface area is 187 Å². The first-order valence-corrected chi connectivity index (χ1v) is 10.7. The number of carbonyl (C=O) groups excluding carboxylic acids is 4. The van der Waals surface area contributed by atoms with E-state index in [-0.39, 0.29) is 37.4 Å². The van der Waals surface area contributed by atoms with Crippen molar-refractivity contribution in [3.63, 3.8) is 0 Å². The van der Waals surface area contributed by atoms with Gasteiger partial charge in [-0.25, -0.2) is 0 Å². The Morgan fingerprint density at radius 2 is 1.91 bits per heavy atom. The minimum Gasteiger partial charge on any atom is -0.378 e. The van der Waals surface area contributed by atoms with E-state index in [2.05, 4.69) is 10.6 Å². The van der Waals surface area contributed by atoms with Crippen molar-refractivity contribution in [2.45, 2.75) is 24.9 Å². The molecule has 4 amide bonds. The number of rotatable bonds is 6. The summed E-state index contributed by atoms with van der Waals surface area (Å²) >= 11 is 0. The van der Waals surface area contributed by atoms with Crippen LogP contribution < -0.4 is 15.5 Å². The quantitative estimate of drug-likeness (QED) is 0.608. The second-order valence-corrected chi connectivity index (χ2v) is 8.22. The van der Waals surface area contributed by atoms with Gasteiger partial charge in [-0.1, -0.05) is 0 Å². The highest BCUT2D eigenvalue weighted by Crippen LogP contribution is 2.18. The predicted molar refractivity (Wildman–Crippen MR) is 118 cm³/mol. The van der Waals surface area contributed by atoms with E-state index in [1.54, 1.807) is 12.1 Å². The van der Waals surface area contributed by atoms with Crippen LogP contribution in [0.3, 0.4) is 0 Å². The number of ether oxygens (including phenoxy) is 1. The summed E-state index contributed by atoms with van der Waals surface area (Å²) in [6.45, 7) is 1.04. The molecule has 3 rings (SSSR count). The van der Waals surface area contributed by atoms with Crippen molar-refractivity contribution in [1.29, 1.82) is 0 Å². The van der Waals surface area contributed by atoms with E-state index < -0.39 is 18.0 Å². The number of hydrogen-bond acceptors (Lipinski definition) is 6. The van der Waals surface area contributed by atoms with Gasteiger partial charge < -0.3 is 30.1 Å². The fraction of sp³-hybridized carbons (Fsp3) is 0.545. The van der Waals surface area contributed by atoms with Gasteiger partial charge in [0.15, 0.2) is 0 Å². The zero-order chi connectivity index (χ0) is 23.3. The molecule has 1 aromatic carbocycles. The number of nitrogens with zero attached hydrogens (tertiary/aromatic N) is 3.